The summed E-state index contributed by atoms with van der Waals surface area (Å²) in [6.45, 7) is 1.84. The Balaban J connectivity index is 2.01. The number of benzene rings is 1. The van der Waals surface area contributed by atoms with Crippen LogP contribution in [0.2, 0.25) is 0 Å². The molecule has 1 saturated carbocycles. The number of methoxy groups -OCH3 is 1. The minimum absolute atomic E-state index is 0.0455. The summed E-state index contributed by atoms with van der Waals surface area (Å²) in [5.74, 6) is -0.203. The van der Waals surface area contributed by atoms with E-state index in [1.165, 1.54) is 13.2 Å². The summed E-state index contributed by atoms with van der Waals surface area (Å²) in [6.07, 6.45) is 2.45. The number of nitro benzene ring substituents is 1. The summed E-state index contributed by atoms with van der Waals surface area (Å²) >= 11 is 0. The highest BCUT2D eigenvalue weighted by Crippen LogP contribution is 2.30. The summed E-state index contributed by atoms with van der Waals surface area (Å²) in [5, 5.41) is 14.0. The number of anilines is 1. The Hall–Kier alpha value is -2.11. The maximum Gasteiger partial charge on any atom is 0.308 e. The zero-order valence-corrected chi connectivity index (χ0v) is 11.6. The van der Waals surface area contributed by atoms with E-state index >= 15 is 0 Å². The van der Waals surface area contributed by atoms with Crippen molar-refractivity contribution in [3.63, 3.8) is 0 Å². The van der Waals surface area contributed by atoms with Crippen molar-refractivity contribution in [1.29, 1.82) is 0 Å². The Morgan fingerprint density at radius 3 is 2.80 bits per heavy atom. The highest BCUT2D eigenvalue weighted by molar-refractivity contribution is 5.72. The third-order valence-electron chi connectivity index (χ3n) is 3.75. The van der Waals surface area contributed by atoms with Gasteiger partial charge in [-0.2, -0.15) is 0 Å². The Labute approximate surface area is 117 Å². The minimum atomic E-state index is -0.403. The van der Waals surface area contributed by atoms with Gasteiger partial charge in [0.1, 0.15) is 0 Å². The van der Waals surface area contributed by atoms with Crippen LogP contribution in [-0.4, -0.2) is 24.0 Å². The zero-order chi connectivity index (χ0) is 14.7. The standard InChI is InChI=1S/C14H18N2O4/c1-9-7-12(16(18)19)5-6-13(9)15-11-4-3-10(8-11)14(17)20-2/h5-7,10-11,15H,3-4,8H2,1-2H3/t10-,11+/m0/s1. The molecule has 6 nitrogen and oxygen atoms in total. The van der Waals surface area contributed by atoms with Gasteiger partial charge in [-0.05, 0) is 37.8 Å². The van der Waals surface area contributed by atoms with E-state index in [2.05, 4.69) is 5.32 Å². The van der Waals surface area contributed by atoms with Crippen molar-refractivity contribution in [2.45, 2.75) is 32.2 Å². The Kier molecular flexibility index (Phi) is 4.22. The molecular formula is C14H18N2O4. The van der Waals surface area contributed by atoms with Gasteiger partial charge >= 0.3 is 5.97 Å². The van der Waals surface area contributed by atoms with Gasteiger partial charge < -0.3 is 10.1 Å². The summed E-state index contributed by atoms with van der Waals surface area (Å²) in [7, 11) is 1.41. The van der Waals surface area contributed by atoms with Gasteiger partial charge in [0.2, 0.25) is 0 Å². The lowest BCUT2D eigenvalue weighted by atomic mass is 10.1. The van der Waals surface area contributed by atoms with E-state index in [1.807, 2.05) is 6.92 Å². The van der Waals surface area contributed by atoms with Crippen molar-refractivity contribution < 1.29 is 14.5 Å². The van der Waals surface area contributed by atoms with E-state index in [0.717, 1.165) is 30.5 Å². The largest absolute Gasteiger partial charge is 0.469 e. The van der Waals surface area contributed by atoms with Gasteiger partial charge in [-0.1, -0.05) is 0 Å². The number of nitrogens with one attached hydrogen (secondary N) is 1. The smallest absolute Gasteiger partial charge is 0.308 e. The topological polar surface area (TPSA) is 81.5 Å². The fourth-order valence-electron chi connectivity index (χ4n) is 2.64. The molecule has 0 heterocycles. The number of esters is 1. The van der Waals surface area contributed by atoms with Crippen molar-refractivity contribution in [2.75, 3.05) is 12.4 Å². The molecule has 108 valence electrons. The van der Waals surface area contributed by atoms with Gasteiger partial charge in [-0.15, -0.1) is 0 Å². The van der Waals surface area contributed by atoms with E-state index in [4.69, 9.17) is 4.74 Å². The molecule has 20 heavy (non-hydrogen) atoms. The molecule has 1 fully saturated rings. The molecule has 0 amide bonds. The van der Waals surface area contributed by atoms with E-state index in [1.54, 1.807) is 12.1 Å². The third kappa shape index (κ3) is 3.07. The van der Waals surface area contributed by atoms with Gasteiger partial charge in [0.05, 0.1) is 18.0 Å². The third-order valence-corrected chi connectivity index (χ3v) is 3.75. The molecular weight excluding hydrogens is 260 g/mol. The van der Waals surface area contributed by atoms with Gasteiger partial charge in [-0.3, -0.25) is 14.9 Å². The second-order valence-corrected chi connectivity index (χ2v) is 5.13. The molecule has 0 unspecified atom stereocenters. The summed E-state index contributed by atoms with van der Waals surface area (Å²) in [6, 6.07) is 4.97. The van der Waals surface area contributed by atoms with Gasteiger partial charge in [0, 0.05) is 23.9 Å². The normalized spacial score (nSPS) is 21.5. The molecule has 0 aromatic heterocycles. The number of hydrogen-bond donors (Lipinski definition) is 1. The molecule has 6 heteroatoms. The van der Waals surface area contributed by atoms with Gasteiger partial charge in [0.15, 0.2) is 0 Å². The van der Waals surface area contributed by atoms with Crippen molar-refractivity contribution in [3.8, 4) is 0 Å². The van der Waals surface area contributed by atoms with Crippen molar-refractivity contribution >= 4 is 17.3 Å². The van der Waals surface area contributed by atoms with Crippen LogP contribution in [0.25, 0.3) is 0 Å². The van der Waals surface area contributed by atoms with E-state index in [-0.39, 0.29) is 23.6 Å². The average Bonchev–Trinajstić information content (AvgIpc) is 2.88. The molecule has 1 aromatic carbocycles. The number of rotatable bonds is 4. The predicted molar refractivity (Wildman–Crippen MR) is 74.6 cm³/mol. The maximum atomic E-state index is 11.5. The van der Waals surface area contributed by atoms with Gasteiger partial charge in [0.25, 0.3) is 5.69 Å². The van der Waals surface area contributed by atoms with Crippen LogP contribution in [0.4, 0.5) is 11.4 Å². The summed E-state index contributed by atoms with van der Waals surface area (Å²) in [4.78, 5) is 21.8. The number of nitrogens with zero attached hydrogens (tertiary/aromatic N) is 1. The summed E-state index contributed by atoms with van der Waals surface area (Å²) < 4.78 is 4.76. The van der Waals surface area contributed by atoms with Crippen molar-refractivity contribution in [2.24, 2.45) is 5.92 Å². The Morgan fingerprint density at radius 2 is 2.20 bits per heavy atom. The zero-order valence-electron chi connectivity index (χ0n) is 11.6. The fraction of sp³-hybridized carbons (Fsp3) is 0.500. The van der Waals surface area contributed by atoms with Crippen LogP contribution in [0.3, 0.4) is 0 Å². The van der Waals surface area contributed by atoms with Crippen LogP contribution in [0.15, 0.2) is 18.2 Å². The lowest BCUT2D eigenvalue weighted by Gasteiger charge is -2.16. The van der Waals surface area contributed by atoms with Crippen LogP contribution in [-0.2, 0) is 9.53 Å². The molecule has 1 aromatic rings. The SMILES string of the molecule is COC(=O)[C@H]1CC[C@@H](Nc2ccc([N+](=O)[O-])cc2C)C1. The molecule has 2 atom stereocenters. The summed E-state index contributed by atoms with van der Waals surface area (Å²) in [5.41, 5.74) is 1.80. The molecule has 0 bridgehead atoms. The molecule has 2 rings (SSSR count). The number of hydrogen-bond acceptors (Lipinski definition) is 5. The molecule has 0 aliphatic heterocycles. The molecule has 1 N–H and O–H groups in total. The molecule has 1 aliphatic carbocycles. The van der Waals surface area contributed by atoms with Crippen LogP contribution in [0.1, 0.15) is 24.8 Å². The molecule has 1 aliphatic rings. The lowest BCUT2D eigenvalue weighted by molar-refractivity contribution is -0.384. The monoisotopic (exact) mass is 278 g/mol. The van der Waals surface area contributed by atoms with Crippen molar-refractivity contribution in [3.05, 3.63) is 33.9 Å². The van der Waals surface area contributed by atoms with Crippen LogP contribution in [0, 0.1) is 23.0 Å². The van der Waals surface area contributed by atoms with E-state index < -0.39 is 4.92 Å². The van der Waals surface area contributed by atoms with Crippen LogP contribution in [0.5, 0.6) is 0 Å². The first kappa shape index (κ1) is 14.3. The number of carbonyl (C=O) groups is 1. The first-order valence-corrected chi connectivity index (χ1v) is 6.60. The van der Waals surface area contributed by atoms with E-state index in [9.17, 15) is 14.9 Å². The van der Waals surface area contributed by atoms with Crippen LogP contribution < -0.4 is 5.32 Å². The molecule has 0 saturated heterocycles. The number of ether oxygens (including phenoxy) is 1. The first-order valence-electron chi connectivity index (χ1n) is 6.60. The number of nitro groups is 1. The first-order chi connectivity index (χ1) is 9.51. The predicted octanol–water partition coefficient (Wildman–Crippen LogP) is 2.66. The lowest BCUT2D eigenvalue weighted by Crippen LogP contribution is -2.19. The Morgan fingerprint density at radius 1 is 1.45 bits per heavy atom. The van der Waals surface area contributed by atoms with Crippen molar-refractivity contribution in [1.82, 2.24) is 0 Å². The fourth-order valence-corrected chi connectivity index (χ4v) is 2.64. The number of aryl methyl sites for hydroxylation is 1. The molecule has 0 radical (unpaired) electrons. The number of non-ortho nitro benzene ring substituents is 1. The maximum absolute atomic E-state index is 11.5. The second kappa shape index (κ2) is 5.90. The second-order valence-electron chi connectivity index (χ2n) is 5.13. The Bertz CT molecular complexity index is 530. The highest BCUT2D eigenvalue weighted by atomic mass is 16.6. The highest BCUT2D eigenvalue weighted by Gasteiger charge is 2.30. The van der Waals surface area contributed by atoms with Crippen LogP contribution >= 0.6 is 0 Å². The molecule has 0 spiro atoms. The average molecular weight is 278 g/mol. The van der Waals surface area contributed by atoms with Gasteiger partial charge in [-0.25, -0.2) is 0 Å². The quantitative estimate of drug-likeness (QED) is 0.520. The number of carbonyl (C=O) groups excluding carboxylic acids is 1. The minimum Gasteiger partial charge on any atom is -0.469 e. The van der Waals surface area contributed by atoms with E-state index in [0.29, 0.717) is 0 Å².